The fraction of sp³-hybridized carbons (Fsp3) is 0.600. The molecular formula is C15H23ClN4O3S. The summed E-state index contributed by atoms with van der Waals surface area (Å²) < 4.78 is 33.1. The van der Waals surface area contributed by atoms with Crippen LogP contribution in [0, 0.1) is 5.92 Å². The molecule has 2 atom stereocenters. The predicted octanol–water partition coefficient (Wildman–Crippen LogP) is 1.87. The van der Waals surface area contributed by atoms with E-state index in [0.29, 0.717) is 29.1 Å². The zero-order chi connectivity index (χ0) is 16.4. The third kappa shape index (κ3) is 3.88. The minimum Gasteiger partial charge on any atom is -0.336 e. The number of nitrogens with zero attached hydrogens (tertiary/aromatic N) is 2. The molecule has 24 heavy (non-hydrogen) atoms. The number of aryl methyl sites for hydroxylation is 1. The second kappa shape index (κ2) is 7.77. The second-order valence-electron chi connectivity index (χ2n) is 6.02. The van der Waals surface area contributed by atoms with Crippen LogP contribution in [0.5, 0.6) is 0 Å². The maximum atomic E-state index is 12.6. The summed E-state index contributed by atoms with van der Waals surface area (Å²) in [5.41, 5.74) is 1.08. The van der Waals surface area contributed by atoms with Gasteiger partial charge in [-0.3, -0.25) is 0 Å². The Morgan fingerprint density at radius 2 is 2.29 bits per heavy atom. The lowest BCUT2D eigenvalue weighted by molar-refractivity contribution is 0.320. The zero-order valence-corrected chi connectivity index (χ0v) is 15.4. The first-order chi connectivity index (χ1) is 11.0. The number of fused-ring (bicyclic) bond motifs is 1. The van der Waals surface area contributed by atoms with Gasteiger partial charge in [-0.15, -0.1) is 12.4 Å². The Hall–Kier alpha value is -1.22. The van der Waals surface area contributed by atoms with Gasteiger partial charge in [0.2, 0.25) is 10.0 Å². The maximum Gasteiger partial charge on any atom is 0.258 e. The Morgan fingerprint density at radius 1 is 1.50 bits per heavy atom. The first-order valence-electron chi connectivity index (χ1n) is 7.98. The largest absolute Gasteiger partial charge is 0.336 e. The van der Waals surface area contributed by atoms with Crippen LogP contribution in [0.3, 0.4) is 0 Å². The average molecular weight is 375 g/mol. The second-order valence-corrected chi connectivity index (χ2v) is 7.74. The van der Waals surface area contributed by atoms with Gasteiger partial charge in [0.25, 0.3) is 5.71 Å². The molecule has 0 aliphatic carbocycles. The summed E-state index contributed by atoms with van der Waals surface area (Å²) in [5.74, 6) is 0.303. The van der Waals surface area contributed by atoms with Crippen LogP contribution in [0.25, 0.3) is 11.1 Å². The van der Waals surface area contributed by atoms with E-state index in [1.807, 2.05) is 13.8 Å². The van der Waals surface area contributed by atoms with Crippen LogP contribution in [0.15, 0.2) is 21.7 Å². The Kier molecular flexibility index (Phi) is 6.19. The normalized spacial score (nSPS) is 19.8. The van der Waals surface area contributed by atoms with Gasteiger partial charge in [-0.25, -0.2) is 18.1 Å². The lowest BCUT2D eigenvalue weighted by atomic mass is 9.94. The molecule has 9 heteroatoms. The van der Waals surface area contributed by atoms with Crippen LogP contribution in [0.4, 0.5) is 0 Å². The molecule has 7 nitrogen and oxygen atoms in total. The summed E-state index contributed by atoms with van der Waals surface area (Å²) in [6.07, 6.45) is 4.08. The molecule has 2 aromatic heterocycles. The van der Waals surface area contributed by atoms with E-state index in [1.165, 1.54) is 6.20 Å². The number of pyridine rings is 1. The standard InChI is InChI=1S/C15H22N4O3S.ClH/c1-3-14-13-7-12(9-17-15(13)22-18-14)23(20,21)19-10(2)11-5-4-6-16-8-11;/h7,9-11,16,19H,3-6,8H2,1-2H3;1H. The number of rotatable bonds is 5. The van der Waals surface area contributed by atoms with E-state index in [-0.39, 0.29) is 23.3 Å². The molecule has 1 aliphatic rings. The summed E-state index contributed by atoms with van der Waals surface area (Å²) in [6, 6.07) is 1.46. The highest BCUT2D eigenvalue weighted by atomic mass is 35.5. The van der Waals surface area contributed by atoms with Crippen LogP contribution in [-0.2, 0) is 16.4 Å². The molecule has 0 saturated carbocycles. The number of piperidine rings is 1. The summed E-state index contributed by atoms with van der Waals surface area (Å²) in [6.45, 7) is 5.70. The van der Waals surface area contributed by atoms with Crippen molar-refractivity contribution < 1.29 is 12.9 Å². The van der Waals surface area contributed by atoms with Gasteiger partial charge in [0.05, 0.1) is 17.3 Å². The van der Waals surface area contributed by atoms with Gasteiger partial charge in [0, 0.05) is 6.04 Å². The topological polar surface area (TPSA) is 97.1 Å². The fourth-order valence-corrected chi connectivity index (χ4v) is 4.26. The van der Waals surface area contributed by atoms with Gasteiger partial charge < -0.3 is 9.84 Å². The molecule has 1 aliphatic heterocycles. The average Bonchev–Trinajstić information content (AvgIpc) is 2.97. The van der Waals surface area contributed by atoms with Crippen molar-refractivity contribution >= 4 is 33.5 Å². The third-order valence-electron chi connectivity index (χ3n) is 4.41. The number of sulfonamides is 1. The lowest BCUT2D eigenvalue weighted by Crippen LogP contribution is -2.44. The van der Waals surface area contributed by atoms with Gasteiger partial charge >= 0.3 is 0 Å². The quantitative estimate of drug-likeness (QED) is 0.829. The molecule has 0 radical (unpaired) electrons. The Labute approximate surface area is 148 Å². The molecule has 0 spiro atoms. The summed E-state index contributed by atoms with van der Waals surface area (Å²) in [5, 5.41) is 7.87. The van der Waals surface area contributed by atoms with Crippen molar-refractivity contribution in [3.8, 4) is 0 Å². The van der Waals surface area contributed by atoms with E-state index in [9.17, 15) is 8.42 Å². The molecule has 0 amide bonds. The third-order valence-corrected chi connectivity index (χ3v) is 5.93. The molecule has 1 saturated heterocycles. The van der Waals surface area contributed by atoms with Crippen molar-refractivity contribution in [3.63, 3.8) is 0 Å². The van der Waals surface area contributed by atoms with Gasteiger partial charge in [0.1, 0.15) is 4.90 Å². The van der Waals surface area contributed by atoms with Gasteiger partial charge in [0.15, 0.2) is 0 Å². The fourth-order valence-electron chi connectivity index (χ4n) is 2.98. The molecule has 1 fully saturated rings. The number of aromatic nitrogens is 2. The number of nitrogens with one attached hydrogen (secondary N) is 2. The van der Waals surface area contributed by atoms with Crippen molar-refractivity contribution in [3.05, 3.63) is 18.0 Å². The molecule has 3 rings (SSSR count). The van der Waals surface area contributed by atoms with E-state index in [1.54, 1.807) is 6.07 Å². The molecule has 0 aromatic carbocycles. The highest BCUT2D eigenvalue weighted by molar-refractivity contribution is 7.89. The van der Waals surface area contributed by atoms with Gasteiger partial charge in [-0.05, 0) is 51.3 Å². The van der Waals surface area contributed by atoms with Crippen LogP contribution in [-0.4, -0.2) is 37.7 Å². The van der Waals surface area contributed by atoms with E-state index in [4.69, 9.17) is 4.52 Å². The Morgan fingerprint density at radius 3 is 2.96 bits per heavy atom. The van der Waals surface area contributed by atoms with Crippen LogP contribution < -0.4 is 10.0 Å². The molecule has 2 unspecified atom stereocenters. The number of hydrogen-bond donors (Lipinski definition) is 2. The van der Waals surface area contributed by atoms with Crippen molar-refractivity contribution in [2.45, 2.75) is 44.0 Å². The minimum absolute atomic E-state index is 0. The maximum absolute atomic E-state index is 12.6. The molecular weight excluding hydrogens is 352 g/mol. The highest BCUT2D eigenvalue weighted by Crippen LogP contribution is 2.22. The van der Waals surface area contributed by atoms with E-state index in [0.717, 1.165) is 25.9 Å². The van der Waals surface area contributed by atoms with Crippen LogP contribution in [0.2, 0.25) is 0 Å². The highest BCUT2D eigenvalue weighted by Gasteiger charge is 2.26. The molecule has 2 aromatic rings. The minimum atomic E-state index is -3.61. The summed E-state index contributed by atoms with van der Waals surface area (Å²) in [4.78, 5) is 4.23. The van der Waals surface area contributed by atoms with Crippen LogP contribution in [0.1, 0.15) is 32.4 Å². The summed E-state index contributed by atoms with van der Waals surface area (Å²) in [7, 11) is -3.61. The first-order valence-corrected chi connectivity index (χ1v) is 9.47. The smallest absolute Gasteiger partial charge is 0.258 e. The van der Waals surface area contributed by atoms with Crippen molar-refractivity contribution in [1.29, 1.82) is 0 Å². The van der Waals surface area contributed by atoms with Crippen molar-refractivity contribution in [1.82, 2.24) is 20.2 Å². The monoisotopic (exact) mass is 374 g/mol. The van der Waals surface area contributed by atoms with E-state index in [2.05, 4.69) is 20.2 Å². The predicted molar refractivity (Wildman–Crippen MR) is 93.8 cm³/mol. The Bertz CT molecular complexity index is 787. The van der Waals surface area contributed by atoms with E-state index >= 15 is 0 Å². The zero-order valence-electron chi connectivity index (χ0n) is 13.8. The van der Waals surface area contributed by atoms with Gasteiger partial charge in [-0.1, -0.05) is 12.1 Å². The lowest BCUT2D eigenvalue weighted by Gasteiger charge is -2.28. The molecule has 2 N–H and O–H groups in total. The van der Waals surface area contributed by atoms with Crippen molar-refractivity contribution in [2.75, 3.05) is 13.1 Å². The first kappa shape index (κ1) is 19.1. The van der Waals surface area contributed by atoms with Crippen LogP contribution >= 0.6 is 12.4 Å². The molecule has 3 heterocycles. The number of hydrogen-bond acceptors (Lipinski definition) is 6. The Balaban J connectivity index is 0.00000208. The van der Waals surface area contributed by atoms with E-state index < -0.39 is 10.0 Å². The SMILES string of the molecule is CCc1noc2ncc(S(=O)(=O)NC(C)C3CCCNC3)cc12.Cl. The van der Waals surface area contributed by atoms with Gasteiger partial charge in [-0.2, -0.15) is 0 Å². The number of halogens is 1. The summed E-state index contributed by atoms with van der Waals surface area (Å²) >= 11 is 0. The molecule has 0 bridgehead atoms. The van der Waals surface area contributed by atoms with Crippen molar-refractivity contribution in [2.24, 2.45) is 5.92 Å². The molecule has 134 valence electrons.